The van der Waals surface area contributed by atoms with E-state index in [1.807, 2.05) is 0 Å². The van der Waals surface area contributed by atoms with Gasteiger partial charge >= 0.3 is 5.97 Å². The number of aliphatic hydroxyl groups is 1. The predicted molar refractivity (Wildman–Crippen MR) is 40.8 cm³/mol. The second-order valence-corrected chi connectivity index (χ2v) is 2.22. The lowest BCUT2D eigenvalue weighted by Gasteiger charge is -1.97. The number of rotatable bonds is 4. The summed E-state index contributed by atoms with van der Waals surface area (Å²) in [5.41, 5.74) is 0. The van der Waals surface area contributed by atoms with E-state index in [1.165, 1.54) is 12.3 Å². The highest BCUT2D eigenvalue weighted by molar-refractivity contribution is 6.04. The Labute approximate surface area is 73.9 Å². The summed E-state index contributed by atoms with van der Waals surface area (Å²) in [5, 5.41) is 8.20. The Bertz CT molecular complexity index is 287. The molecule has 0 atom stereocenters. The molecule has 0 aliphatic rings. The fourth-order valence-electron chi connectivity index (χ4n) is 0.778. The minimum absolute atomic E-state index is 0.106. The summed E-state index contributed by atoms with van der Waals surface area (Å²) in [5.74, 6) is -1.14. The van der Waals surface area contributed by atoms with Crippen LogP contribution in [0, 0.1) is 0 Å². The van der Waals surface area contributed by atoms with Gasteiger partial charge in [-0.05, 0) is 12.1 Å². The standard InChI is InChI=1S/C8H8O5/c9-5-13-8(11)4-6(10)7-2-1-3-12-7/h1-3,9H,4-5H2. The van der Waals surface area contributed by atoms with Crippen LogP contribution in [-0.2, 0) is 9.53 Å². The van der Waals surface area contributed by atoms with Crippen LogP contribution in [0.4, 0.5) is 0 Å². The van der Waals surface area contributed by atoms with Gasteiger partial charge < -0.3 is 14.3 Å². The summed E-state index contributed by atoms with van der Waals surface area (Å²) in [7, 11) is 0. The monoisotopic (exact) mass is 184 g/mol. The van der Waals surface area contributed by atoms with Crippen molar-refractivity contribution in [3.8, 4) is 0 Å². The summed E-state index contributed by atoms with van der Waals surface area (Å²) in [4.78, 5) is 21.8. The van der Waals surface area contributed by atoms with Crippen molar-refractivity contribution in [1.29, 1.82) is 0 Å². The minimum atomic E-state index is -0.774. The van der Waals surface area contributed by atoms with Crippen LogP contribution >= 0.6 is 0 Å². The van der Waals surface area contributed by atoms with E-state index in [0.717, 1.165) is 0 Å². The molecule has 1 aromatic heterocycles. The number of carbonyl (C=O) groups excluding carboxylic acids is 2. The second-order valence-electron chi connectivity index (χ2n) is 2.22. The fraction of sp³-hybridized carbons (Fsp3) is 0.250. The number of aliphatic hydroxyl groups excluding tert-OH is 1. The lowest BCUT2D eigenvalue weighted by Crippen LogP contribution is -2.11. The van der Waals surface area contributed by atoms with Gasteiger partial charge in [-0.1, -0.05) is 0 Å². The Morgan fingerprint density at radius 3 is 2.85 bits per heavy atom. The third-order valence-corrected chi connectivity index (χ3v) is 1.33. The number of ether oxygens (including phenoxy) is 1. The summed E-state index contributed by atoms with van der Waals surface area (Å²) in [6.45, 7) is -0.718. The predicted octanol–water partition coefficient (Wildman–Crippen LogP) is 0.345. The molecule has 70 valence electrons. The third-order valence-electron chi connectivity index (χ3n) is 1.33. The molecule has 1 N–H and O–H groups in total. The molecular formula is C8H8O5. The first-order chi connectivity index (χ1) is 6.24. The number of hydrogen-bond donors (Lipinski definition) is 1. The maximum absolute atomic E-state index is 11.1. The normalized spacial score (nSPS) is 9.62. The second kappa shape index (κ2) is 4.42. The molecule has 0 fully saturated rings. The van der Waals surface area contributed by atoms with Gasteiger partial charge in [0.15, 0.2) is 12.6 Å². The maximum Gasteiger partial charge on any atom is 0.315 e. The van der Waals surface area contributed by atoms with Crippen molar-refractivity contribution in [2.24, 2.45) is 0 Å². The Hall–Kier alpha value is -1.62. The highest BCUT2D eigenvalue weighted by atomic mass is 16.6. The van der Waals surface area contributed by atoms with Crippen molar-refractivity contribution in [3.05, 3.63) is 24.2 Å². The zero-order chi connectivity index (χ0) is 9.68. The van der Waals surface area contributed by atoms with E-state index in [2.05, 4.69) is 4.74 Å². The Kier molecular flexibility index (Phi) is 3.22. The van der Waals surface area contributed by atoms with Crippen molar-refractivity contribution in [2.45, 2.75) is 6.42 Å². The van der Waals surface area contributed by atoms with Gasteiger partial charge in [-0.2, -0.15) is 0 Å². The van der Waals surface area contributed by atoms with E-state index in [0.29, 0.717) is 0 Å². The number of esters is 1. The Morgan fingerprint density at radius 1 is 1.54 bits per heavy atom. The molecule has 0 aliphatic heterocycles. The fourth-order valence-corrected chi connectivity index (χ4v) is 0.778. The topological polar surface area (TPSA) is 76.7 Å². The van der Waals surface area contributed by atoms with E-state index < -0.39 is 25.0 Å². The molecular weight excluding hydrogens is 176 g/mol. The molecule has 5 nitrogen and oxygen atoms in total. The van der Waals surface area contributed by atoms with Crippen LogP contribution in [0.5, 0.6) is 0 Å². The van der Waals surface area contributed by atoms with Gasteiger partial charge in [0.1, 0.15) is 6.42 Å². The summed E-state index contributed by atoms with van der Waals surface area (Å²) in [6, 6.07) is 3.00. The average molecular weight is 184 g/mol. The smallest absolute Gasteiger partial charge is 0.315 e. The van der Waals surface area contributed by atoms with Crippen LogP contribution in [0.3, 0.4) is 0 Å². The SMILES string of the molecule is O=C(CC(=O)c1ccco1)OCO. The van der Waals surface area contributed by atoms with Crippen LogP contribution in [0.1, 0.15) is 17.0 Å². The van der Waals surface area contributed by atoms with Gasteiger partial charge in [0, 0.05) is 0 Å². The van der Waals surface area contributed by atoms with E-state index in [9.17, 15) is 9.59 Å². The van der Waals surface area contributed by atoms with E-state index in [4.69, 9.17) is 9.52 Å². The van der Waals surface area contributed by atoms with Crippen LogP contribution in [0.25, 0.3) is 0 Å². The maximum atomic E-state index is 11.1. The van der Waals surface area contributed by atoms with Crippen LogP contribution < -0.4 is 0 Å². The van der Waals surface area contributed by atoms with Crippen molar-refractivity contribution in [2.75, 3.05) is 6.79 Å². The van der Waals surface area contributed by atoms with Gasteiger partial charge in [0.05, 0.1) is 6.26 Å². The lowest BCUT2D eigenvalue weighted by molar-refractivity contribution is -0.150. The number of Topliss-reactive ketones (excluding diaryl/α,β-unsaturated/α-hetero) is 1. The molecule has 0 amide bonds. The summed E-state index contributed by atoms with van der Waals surface area (Å²) in [6.07, 6.45) is 0.915. The largest absolute Gasteiger partial charge is 0.461 e. The molecule has 1 aromatic rings. The number of ketones is 1. The van der Waals surface area contributed by atoms with Crippen LogP contribution in [0.15, 0.2) is 22.8 Å². The van der Waals surface area contributed by atoms with Crippen molar-refractivity contribution < 1.29 is 23.8 Å². The number of furan rings is 1. The Balaban J connectivity index is 2.47. The molecule has 0 radical (unpaired) electrons. The zero-order valence-electron chi connectivity index (χ0n) is 6.73. The van der Waals surface area contributed by atoms with Crippen molar-refractivity contribution in [3.63, 3.8) is 0 Å². The van der Waals surface area contributed by atoms with Gasteiger partial charge in [-0.25, -0.2) is 0 Å². The van der Waals surface area contributed by atoms with E-state index in [1.54, 1.807) is 6.07 Å². The number of hydrogen-bond acceptors (Lipinski definition) is 5. The highest BCUT2D eigenvalue weighted by Gasteiger charge is 2.14. The lowest BCUT2D eigenvalue weighted by atomic mass is 10.2. The molecule has 1 rings (SSSR count). The molecule has 0 spiro atoms. The first-order valence-electron chi connectivity index (χ1n) is 3.57. The highest BCUT2D eigenvalue weighted by Crippen LogP contribution is 2.04. The van der Waals surface area contributed by atoms with Gasteiger partial charge in [0.2, 0.25) is 5.78 Å². The molecule has 0 saturated heterocycles. The molecule has 0 bridgehead atoms. The van der Waals surface area contributed by atoms with Crippen LogP contribution in [-0.4, -0.2) is 23.7 Å². The first kappa shape index (κ1) is 9.47. The van der Waals surface area contributed by atoms with Crippen LogP contribution in [0.2, 0.25) is 0 Å². The van der Waals surface area contributed by atoms with E-state index in [-0.39, 0.29) is 5.76 Å². The Morgan fingerprint density at radius 2 is 2.31 bits per heavy atom. The van der Waals surface area contributed by atoms with Gasteiger partial charge in [0.25, 0.3) is 0 Å². The molecule has 0 aromatic carbocycles. The minimum Gasteiger partial charge on any atom is -0.461 e. The summed E-state index contributed by atoms with van der Waals surface area (Å²) >= 11 is 0. The first-order valence-corrected chi connectivity index (χ1v) is 3.57. The quantitative estimate of drug-likeness (QED) is 0.316. The molecule has 0 saturated carbocycles. The van der Waals surface area contributed by atoms with E-state index >= 15 is 0 Å². The summed E-state index contributed by atoms with van der Waals surface area (Å²) < 4.78 is 8.92. The molecule has 13 heavy (non-hydrogen) atoms. The van der Waals surface area contributed by atoms with Crippen molar-refractivity contribution >= 4 is 11.8 Å². The molecule has 5 heteroatoms. The average Bonchev–Trinajstić information content (AvgIpc) is 2.55. The molecule has 0 aliphatic carbocycles. The third kappa shape index (κ3) is 2.72. The van der Waals surface area contributed by atoms with Gasteiger partial charge in [-0.15, -0.1) is 0 Å². The van der Waals surface area contributed by atoms with Gasteiger partial charge in [-0.3, -0.25) is 9.59 Å². The van der Waals surface area contributed by atoms with Crippen molar-refractivity contribution in [1.82, 2.24) is 0 Å². The molecule has 0 unspecified atom stereocenters. The zero-order valence-corrected chi connectivity index (χ0v) is 6.73. The molecule has 1 heterocycles. The number of carbonyl (C=O) groups is 2.